The van der Waals surface area contributed by atoms with Gasteiger partial charge in [-0.1, -0.05) is 52.3 Å². The predicted octanol–water partition coefficient (Wildman–Crippen LogP) is 5.45. The second-order valence-electron chi connectivity index (χ2n) is 6.33. The maximum atomic E-state index is 13.0. The number of nitrogens with zero attached hydrogens (tertiary/aromatic N) is 1. The zero-order valence-corrected chi connectivity index (χ0v) is 17.0. The zero-order chi connectivity index (χ0) is 21.0. The molecule has 0 aromatic heterocycles. The Bertz CT molecular complexity index is 1060. The van der Waals surface area contributed by atoms with Gasteiger partial charge in [-0.25, -0.2) is 4.79 Å². The van der Waals surface area contributed by atoms with Crippen molar-refractivity contribution >= 4 is 33.4 Å². The SMILES string of the molecule is Cc1ccc(C(=O)O[C@H](C(=O)c2ccccc2)c2ccc([N+](=O)[O-])cc2)cc1Br. The minimum atomic E-state index is -1.23. The van der Waals surface area contributed by atoms with Crippen LogP contribution in [-0.2, 0) is 4.74 Å². The number of aryl methyl sites for hydroxylation is 1. The van der Waals surface area contributed by atoms with Gasteiger partial charge in [-0.05, 0) is 36.8 Å². The first kappa shape index (κ1) is 20.4. The summed E-state index contributed by atoms with van der Waals surface area (Å²) < 4.78 is 6.30. The molecule has 6 nitrogen and oxygen atoms in total. The highest BCUT2D eigenvalue weighted by Gasteiger charge is 2.27. The number of carbonyl (C=O) groups is 2. The van der Waals surface area contributed by atoms with Gasteiger partial charge in [0.05, 0.1) is 10.5 Å². The van der Waals surface area contributed by atoms with Crippen molar-refractivity contribution < 1.29 is 19.2 Å². The minimum absolute atomic E-state index is 0.117. The molecule has 7 heteroatoms. The molecule has 3 aromatic carbocycles. The molecule has 0 radical (unpaired) electrons. The molecule has 0 amide bonds. The molecule has 0 aliphatic rings. The van der Waals surface area contributed by atoms with Crippen molar-refractivity contribution in [1.29, 1.82) is 0 Å². The molecule has 0 saturated carbocycles. The second-order valence-corrected chi connectivity index (χ2v) is 7.18. The van der Waals surface area contributed by atoms with Gasteiger partial charge in [0.15, 0.2) is 6.10 Å². The Morgan fingerprint density at radius 2 is 1.62 bits per heavy atom. The number of benzene rings is 3. The summed E-state index contributed by atoms with van der Waals surface area (Å²) in [5.41, 5.74) is 1.84. The predicted molar refractivity (Wildman–Crippen MR) is 111 cm³/mol. The number of hydrogen-bond acceptors (Lipinski definition) is 5. The number of carbonyl (C=O) groups excluding carboxylic acids is 2. The highest BCUT2D eigenvalue weighted by Crippen LogP contribution is 2.27. The number of nitro groups is 1. The van der Waals surface area contributed by atoms with Crippen molar-refractivity contribution in [3.05, 3.63) is 110 Å². The third kappa shape index (κ3) is 4.75. The third-order valence-corrected chi connectivity index (χ3v) is 5.19. The van der Waals surface area contributed by atoms with E-state index in [9.17, 15) is 19.7 Å². The van der Waals surface area contributed by atoms with Gasteiger partial charge < -0.3 is 4.74 Å². The Balaban J connectivity index is 1.95. The molecular weight excluding hydrogens is 438 g/mol. The van der Waals surface area contributed by atoms with E-state index in [2.05, 4.69) is 15.9 Å². The monoisotopic (exact) mass is 453 g/mol. The molecule has 0 N–H and O–H groups in total. The van der Waals surface area contributed by atoms with Gasteiger partial charge in [0, 0.05) is 27.7 Å². The van der Waals surface area contributed by atoms with Gasteiger partial charge >= 0.3 is 5.97 Å². The molecule has 3 aromatic rings. The van der Waals surface area contributed by atoms with E-state index in [1.165, 1.54) is 24.3 Å². The molecule has 1 atom stereocenters. The summed E-state index contributed by atoms with van der Waals surface area (Å²) >= 11 is 3.37. The molecule has 0 saturated heterocycles. The number of ether oxygens (including phenoxy) is 1. The standard InChI is InChI=1S/C22H16BrNO5/c1-14-7-8-17(13-19(14)23)22(26)29-21(20(25)15-5-3-2-4-6-15)16-9-11-18(12-10-16)24(27)28/h2-13,21H,1H3/t21-/m0/s1. The molecule has 0 spiro atoms. The van der Waals surface area contributed by atoms with Crippen molar-refractivity contribution in [2.24, 2.45) is 0 Å². The van der Waals surface area contributed by atoms with Crippen LogP contribution in [0.5, 0.6) is 0 Å². The fraction of sp³-hybridized carbons (Fsp3) is 0.0909. The fourth-order valence-electron chi connectivity index (χ4n) is 2.69. The number of esters is 1. The quantitative estimate of drug-likeness (QED) is 0.214. The highest BCUT2D eigenvalue weighted by molar-refractivity contribution is 9.10. The van der Waals surface area contributed by atoms with Gasteiger partial charge in [0.1, 0.15) is 0 Å². The van der Waals surface area contributed by atoms with Gasteiger partial charge in [-0.2, -0.15) is 0 Å². The van der Waals surface area contributed by atoms with E-state index in [0.717, 1.165) is 10.0 Å². The molecule has 0 heterocycles. The summed E-state index contributed by atoms with van der Waals surface area (Å²) in [4.78, 5) is 36.1. The smallest absolute Gasteiger partial charge is 0.339 e. The van der Waals surface area contributed by atoms with Crippen LogP contribution in [0.2, 0.25) is 0 Å². The molecule has 146 valence electrons. The molecule has 0 aliphatic carbocycles. The molecule has 0 fully saturated rings. The van der Waals surface area contributed by atoms with Crippen LogP contribution >= 0.6 is 15.9 Å². The van der Waals surface area contributed by atoms with Gasteiger partial charge in [-0.15, -0.1) is 0 Å². The highest BCUT2D eigenvalue weighted by atomic mass is 79.9. The van der Waals surface area contributed by atoms with Gasteiger partial charge in [0.25, 0.3) is 5.69 Å². The number of rotatable bonds is 6. The van der Waals surface area contributed by atoms with Crippen LogP contribution < -0.4 is 0 Å². The van der Waals surface area contributed by atoms with E-state index >= 15 is 0 Å². The van der Waals surface area contributed by atoms with Crippen LogP contribution in [0.15, 0.2) is 77.3 Å². The number of hydrogen-bond donors (Lipinski definition) is 0. The number of Topliss-reactive ketones (excluding diaryl/α,β-unsaturated/α-hetero) is 1. The molecule has 0 aliphatic heterocycles. The number of non-ortho nitro benzene ring substituents is 1. The van der Waals surface area contributed by atoms with Crippen LogP contribution in [0.1, 0.15) is 37.9 Å². The summed E-state index contributed by atoms with van der Waals surface area (Å²) in [7, 11) is 0. The molecule has 0 unspecified atom stereocenters. The van der Waals surface area contributed by atoms with E-state index in [4.69, 9.17) is 4.74 Å². The maximum Gasteiger partial charge on any atom is 0.339 e. The van der Waals surface area contributed by atoms with Crippen LogP contribution in [0, 0.1) is 17.0 Å². The second kappa shape index (κ2) is 8.79. The first-order valence-corrected chi connectivity index (χ1v) is 9.47. The third-order valence-electron chi connectivity index (χ3n) is 4.34. The van der Waals surface area contributed by atoms with Crippen LogP contribution in [0.3, 0.4) is 0 Å². The number of nitro benzene ring substituents is 1. The van der Waals surface area contributed by atoms with Crippen molar-refractivity contribution in [3.8, 4) is 0 Å². The summed E-state index contributed by atoms with van der Waals surface area (Å²) in [5.74, 6) is -1.09. The average molecular weight is 454 g/mol. The van der Waals surface area contributed by atoms with E-state index in [1.54, 1.807) is 48.5 Å². The first-order chi connectivity index (χ1) is 13.9. The summed E-state index contributed by atoms with van der Waals surface area (Å²) in [6.45, 7) is 1.89. The topological polar surface area (TPSA) is 86.5 Å². The van der Waals surface area contributed by atoms with E-state index in [1.807, 2.05) is 6.92 Å². The lowest BCUT2D eigenvalue weighted by Gasteiger charge is -2.18. The lowest BCUT2D eigenvalue weighted by atomic mass is 9.99. The summed E-state index contributed by atoms with van der Waals surface area (Å²) in [6.07, 6.45) is -1.23. The molecular formula is C22H16BrNO5. The Morgan fingerprint density at radius 1 is 0.966 bits per heavy atom. The average Bonchev–Trinajstić information content (AvgIpc) is 2.74. The fourth-order valence-corrected chi connectivity index (χ4v) is 3.07. The lowest BCUT2D eigenvalue weighted by Crippen LogP contribution is -2.20. The van der Waals surface area contributed by atoms with E-state index in [0.29, 0.717) is 11.1 Å². The molecule has 3 rings (SSSR count). The summed E-state index contributed by atoms with van der Waals surface area (Å²) in [5, 5.41) is 10.9. The van der Waals surface area contributed by atoms with Crippen molar-refractivity contribution in [2.45, 2.75) is 13.0 Å². The first-order valence-electron chi connectivity index (χ1n) is 8.67. The Labute approximate surface area is 175 Å². The Hall–Kier alpha value is -3.32. The van der Waals surface area contributed by atoms with Crippen LogP contribution in [0.4, 0.5) is 5.69 Å². The van der Waals surface area contributed by atoms with Crippen LogP contribution in [-0.4, -0.2) is 16.7 Å². The van der Waals surface area contributed by atoms with Gasteiger partial charge in [-0.3, -0.25) is 14.9 Å². The van der Waals surface area contributed by atoms with Crippen molar-refractivity contribution in [2.75, 3.05) is 0 Å². The van der Waals surface area contributed by atoms with Crippen molar-refractivity contribution in [1.82, 2.24) is 0 Å². The van der Waals surface area contributed by atoms with Crippen molar-refractivity contribution in [3.63, 3.8) is 0 Å². The van der Waals surface area contributed by atoms with E-state index < -0.39 is 22.8 Å². The number of ketones is 1. The Morgan fingerprint density at radius 3 is 2.21 bits per heavy atom. The largest absolute Gasteiger partial charge is 0.445 e. The maximum absolute atomic E-state index is 13.0. The zero-order valence-electron chi connectivity index (χ0n) is 15.4. The lowest BCUT2D eigenvalue weighted by molar-refractivity contribution is -0.384. The number of halogens is 1. The van der Waals surface area contributed by atoms with E-state index in [-0.39, 0.29) is 11.3 Å². The van der Waals surface area contributed by atoms with Gasteiger partial charge in [0.2, 0.25) is 5.78 Å². The Kier molecular flexibility index (Phi) is 6.19. The normalized spacial score (nSPS) is 11.5. The summed E-state index contributed by atoms with van der Waals surface area (Å²) in [6, 6.07) is 18.8. The molecule has 0 bridgehead atoms. The minimum Gasteiger partial charge on any atom is -0.445 e. The van der Waals surface area contributed by atoms with Crippen LogP contribution in [0.25, 0.3) is 0 Å². The molecule has 29 heavy (non-hydrogen) atoms.